The summed E-state index contributed by atoms with van der Waals surface area (Å²) in [5.41, 5.74) is 0.883. The number of hydrogen-bond acceptors (Lipinski definition) is 3. The second-order valence-electron chi connectivity index (χ2n) is 3.78. The van der Waals surface area contributed by atoms with E-state index in [0.29, 0.717) is 0 Å². The van der Waals surface area contributed by atoms with E-state index in [1.165, 1.54) is 6.92 Å². The lowest BCUT2D eigenvalue weighted by atomic mass is 9.98. The lowest BCUT2D eigenvalue weighted by Gasteiger charge is -2.13. The largest absolute Gasteiger partial charge is 0.503 e. The van der Waals surface area contributed by atoms with Gasteiger partial charge in [0.05, 0.1) is 11.6 Å². The molecule has 5 heteroatoms. The van der Waals surface area contributed by atoms with Gasteiger partial charge in [-0.15, -0.1) is 0 Å². The van der Waals surface area contributed by atoms with Crippen molar-refractivity contribution < 1.29 is 14.7 Å². The van der Waals surface area contributed by atoms with Gasteiger partial charge in [0, 0.05) is 4.47 Å². The molecule has 1 aromatic rings. The molecule has 1 aliphatic heterocycles. The van der Waals surface area contributed by atoms with Crippen LogP contribution in [-0.4, -0.2) is 16.8 Å². The number of halogens is 1. The van der Waals surface area contributed by atoms with E-state index < -0.39 is 17.7 Å². The van der Waals surface area contributed by atoms with E-state index in [9.17, 15) is 14.7 Å². The molecule has 0 aliphatic carbocycles. The smallest absolute Gasteiger partial charge is 0.287 e. The van der Waals surface area contributed by atoms with Gasteiger partial charge in [0.25, 0.3) is 5.91 Å². The molecular weight excluding hydrogens is 286 g/mol. The highest BCUT2D eigenvalue weighted by molar-refractivity contribution is 9.10. The Balaban J connectivity index is 2.44. The number of carbonyl (C=O) groups is 2. The molecule has 17 heavy (non-hydrogen) atoms. The summed E-state index contributed by atoms with van der Waals surface area (Å²) in [6.45, 7) is 1.33. The molecule has 1 heterocycles. The molecule has 1 unspecified atom stereocenters. The highest BCUT2D eigenvalue weighted by atomic mass is 79.9. The summed E-state index contributed by atoms with van der Waals surface area (Å²) in [5, 5.41) is 12.1. The number of carbonyl (C=O) groups excluding carboxylic acids is 2. The Morgan fingerprint density at radius 3 is 2.47 bits per heavy atom. The van der Waals surface area contributed by atoms with Gasteiger partial charge >= 0.3 is 0 Å². The normalized spacial score (nSPS) is 19.4. The molecule has 0 spiro atoms. The van der Waals surface area contributed by atoms with E-state index in [1.54, 1.807) is 12.1 Å². The minimum Gasteiger partial charge on any atom is -0.503 e. The lowest BCUT2D eigenvalue weighted by Crippen LogP contribution is -2.23. The van der Waals surface area contributed by atoms with Crippen molar-refractivity contribution in [2.24, 2.45) is 0 Å². The van der Waals surface area contributed by atoms with Gasteiger partial charge < -0.3 is 10.4 Å². The Morgan fingerprint density at radius 2 is 1.94 bits per heavy atom. The van der Waals surface area contributed by atoms with Crippen LogP contribution >= 0.6 is 15.9 Å². The molecule has 0 bridgehead atoms. The topological polar surface area (TPSA) is 66.4 Å². The van der Waals surface area contributed by atoms with Crippen molar-refractivity contribution in [2.75, 3.05) is 0 Å². The van der Waals surface area contributed by atoms with Crippen molar-refractivity contribution in [3.8, 4) is 0 Å². The highest BCUT2D eigenvalue weighted by Gasteiger charge is 2.35. The average Bonchev–Trinajstić information content (AvgIpc) is 2.56. The monoisotopic (exact) mass is 295 g/mol. The molecule has 88 valence electrons. The zero-order chi connectivity index (χ0) is 12.6. The fourth-order valence-electron chi connectivity index (χ4n) is 1.81. The zero-order valence-electron chi connectivity index (χ0n) is 9.03. The van der Waals surface area contributed by atoms with E-state index in [2.05, 4.69) is 21.2 Å². The maximum absolute atomic E-state index is 11.4. The lowest BCUT2D eigenvalue weighted by molar-refractivity contribution is -0.119. The van der Waals surface area contributed by atoms with Gasteiger partial charge in [0.2, 0.25) is 0 Å². The first kappa shape index (κ1) is 11.9. The average molecular weight is 296 g/mol. The predicted octanol–water partition coefficient (Wildman–Crippen LogP) is 2.02. The van der Waals surface area contributed by atoms with Crippen molar-refractivity contribution in [1.29, 1.82) is 0 Å². The molecule has 0 fully saturated rings. The van der Waals surface area contributed by atoms with E-state index in [4.69, 9.17) is 0 Å². The number of Topliss-reactive ketones (excluding diaryl/α,β-unsaturated/α-hetero) is 1. The van der Waals surface area contributed by atoms with Crippen molar-refractivity contribution in [2.45, 2.75) is 13.0 Å². The third-order valence-electron chi connectivity index (χ3n) is 2.62. The number of aliphatic hydroxyl groups is 1. The molecule has 4 nitrogen and oxygen atoms in total. The second kappa shape index (κ2) is 4.33. The molecular formula is C12H10BrNO3. The molecule has 0 saturated heterocycles. The Bertz CT molecular complexity index is 519. The van der Waals surface area contributed by atoms with Crippen molar-refractivity contribution in [3.63, 3.8) is 0 Å². The first-order valence-corrected chi connectivity index (χ1v) is 5.80. The quantitative estimate of drug-likeness (QED) is 0.877. The van der Waals surface area contributed by atoms with Crippen LogP contribution in [0, 0.1) is 0 Å². The molecule has 2 rings (SSSR count). The minimum atomic E-state index is -0.608. The molecule has 0 radical (unpaired) electrons. The third kappa shape index (κ3) is 2.10. The summed E-state index contributed by atoms with van der Waals surface area (Å²) < 4.78 is 0.906. The Morgan fingerprint density at radius 1 is 1.35 bits per heavy atom. The highest BCUT2D eigenvalue weighted by Crippen LogP contribution is 2.30. The van der Waals surface area contributed by atoms with E-state index in [-0.39, 0.29) is 11.4 Å². The summed E-state index contributed by atoms with van der Waals surface area (Å²) in [7, 11) is 0. The molecule has 1 atom stereocenters. The Labute approximate surface area is 106 Å². The van der Waals surface area contributed by atoms with Crippen molar-refractivity contribution in [1.82, 2.24) is 5.32 Å². The third-order valence-corrected chi connectivity index (χ3v) is 3.15. The molecule has 1 aromatic carbocycles. The van der Waals surface area contributed by atoms with E-state index in [0.717, 1.165) is 10.0 Å². The number of aliphatic hydroxyl groups excluding tert-OH is 1. The van der Waals surface area contributed by atoms with Crippen LogP contribution in [0.2, 0.25) is 0 Å². The summed E-state index contributed by atoms with van der Waals surface area (Å²) in [5.74, 6) is -1.40. The van der Waals surface area contributed by atoms with Crippen LogP contribution in [0.5, 0.6) is 0 Å². The number of benzene rings is 1. The maximum atomic E-state index is 11.4. The predicted molar refractivity (Wildman–Crippen MR) is 65.4 cm³/mol. The number of rotatable bonds is 2. The van der Waals surface area contributed by atoms with Crippen LogP contribution < -0.4 is 5.32 Å². The first-order chi connectivity index (χ1) is 8.00. The summed E-state index contributed by atoms with van der Waals surface area (Å²) in [6.07, 6.45) is 0. The Hall–Kier alpha value is -1.62. The van der Waals surface area contributed by atoms with Crippen LogP contribution in [0.4, 0.5) is 0 Å². The van der Waals surface area contributed by atoms with Crippen LogP contribution in [0.1, 0.15) is 18.5 Å². The Kier molecular flexibility index (Phi) is 3.02. The summed E-state index contributed by atoms with van der Waals surface area (Å²) in [4.78, 5) is 22.8. The van der Waals surface area contributed by atoms with Crippen molar-refractivity contribution in [3.05, 3.63) is 45.6 Å². The van der Waals surface area contributed by atoms with Gasteiger partial charge in [-0.3, -0.25) is 9.59 Å². The number of hydrogen-bond donors (Lipinski definition) is 2. The zero-order valence-corrected chi connectivity index (χ0v) is 10.6. The molecule has 2 N–H and O–H groups in total. The van der Waals surface area contributed by atoms with Crippen LogP contribution in [-0.2, 0) is 9.59 Å². The second-order valence-corrected chi connectivity index (χ2v) is 4.69. The van der Waals surface area contributed by atoms with Crippen LogP contribution in [0.15, 0.2) is 40.1 Å². The SMILES string of the molecule is CC(=O)C1=C(O)C(=O)NC1c1ccc(Br)cc1. The number of ketones is 1. The van der Waals surface area contributed by atoms with Gasteiger partial charge in [-0.25, -0.2) is 0 Å². The summed E-state index contributed by atoms with van der Waals surface area (Å²) in [6, 6.07) is 6.64. The number of amides is 1. The van der Waals surface area contributed by atoms with Gasteiger partial charge in [0.1, 0.15) is 0 Å². The minimum absolute atomic E-state index is 0.123. The molecule has 0 aromatic heterocycles. The van der Waals surface area contributed by atoms with Crippen LogP contribution in [0.25, 0.3) is 0 Å². The maximum Gasteiger partial charge on any atom is 0.287 e. The van der Waals surface area contributed by atoms with E-state index >= 15 is 0 Å². The number of nitrogens with one attached hydrogen (secondary N) is 1. The van der Waals surface area contributed by atoms with Gasteiger partial charge in [0.15, 0.2) is 11.5 Å². The first-order valence-electron chi connectivity index (χ1n) is 5.01. The van der Waals surface area contributed by atoms with Crippen LogP contribution in [0.3, 0.4) is 0 Å². The van der Waals surface area contributed by atoms with Gasteiger partial charge in [-0.2, -0.15) is 0 Å². The molecule has 1 amide bonds. The fourth-order valence-corrected chi connectivity index (χ4v) is 2.07. The van der Waals surface area contributed by atoms with Crippen molar-refractivity contribution >= 4 is 27.6 Å². The summed E-state index contributed by atoms with van der Waals surface area (Å²) >= 11 is 3.31. The fraction of sp³-hybridized carbons (Fsp3) is 0.167. The molecule has 0 saturated carbocycles. The van der Waals surface area contributed by atoms with Gasteiger partial charge in [-0.05, 0) is 24.6 Å². The van der Waals surface area contributed by atoms with E-state index in [1.807, 2.05) is 12.1 Å². The molecule has 1 aliphatic rings. The standard InChI is InChI=1S/C12H10BrNO3/c1-6(15)9-10(14-12(17)11(9)16)7-2-4-8(13)5-3-7/h2-5,10,16H,1H3,(H,14,17). The van der Waals surface area contributed by atoms with Gasteiger partial charge in [-0.1, -0.05) is 28.1 Å².